The highest BCUT2D eigenvalue weighted by molar-refractivity contribution is 6.06. The number of aryl methyl sites for hydroxylation is 1. The SMILES string of the molecule is CCCCCc1ccc(C=CC(=O)Nc2cccc3c(=O)cc(-c4nn[nH]n4)oc23)cc1. The van der Waals surface area contributed by atoms with Crippen molar-refractivity contribution in [3.05, 3.63) is 76.0 Å². The van der Waals surface area contributed by atoms with Crippen molar-refractivity contribution < 1.29 is 9.21 Å². The number of unbranched alkanes of at least 4 members (excludes halogenated alkanes) is 2. The molecule has 0 spiro atoms. The van der Waals surface area contributed by atoms with Crippen molar-refractivity contribution in [3.8, 4) is 11.6 Å². The summed E-state index contributed by atoms with van der Waals surface area (Å²) in [4.78, 5) is 25.0. The molecule has 8 heteroatoms. The van der Waals surface area contributed by atoms with Crippen LogP contribution in [0.15, 0.2) is 63.8 Å². The molecule has 0 saturated carbocycles. The van der Waals surface area contributed by atoms with Crippen LogP contribution >= 0.6 is 0 Å². The summed E-state index contributed by atoms with van der Waals surface area (Å²) in [7, 11) is 0. The van der Waals surface area contributed by atoms with Gasteiger partial charge >= 0.3 is 0 Å². The zero-order valence-corrected chi connectivity index (χ0v) is 17.7. The lowest BCUT2D eigenvalue weighted by Gasteiger charge is -2.07. The maximum atomic E-state index is 12.5. The van der Waals surface area contributed by atoms with E-state index in [4.69, 9.17) is 4.42 Å². The molecule has 0 atom stereocenters. The van der Waals surface area contributed by atoms with Crippen LogP contribution in [0.25, 0.3) is 28.6 Å². The minimum atomic E-state index is -0.336. The fraction of sp³-hybridized carbons (Fsp3) is 0.208. The van der Waals surface area contributed by atoms with Crippen LogP contribution in [0.3, 0.4) is 0 Å². The number of carbonyl (C=O) groups is 1. The maximum Gasteiger partial charge on any atom is 0.248 e. The number of fused-ring (bicyclic) bond motifs is 1. The van der Waals surface area contributed by atoms with Crippen molar-refractivity contribution in [1.82, 2.24) is 20.6 Å². The average Bonchev–Trinajstić information content (AvgIpc) is 3.34. The molecule has 2 aromatic carbocycles. The van der Waals surface area contributed by atoms with Gasteiger partial charge in [-0.05, 0) is 47.4 Å². The van der Waals surface area contributed by atoms with Crippen molar-refractivity contribution in [2.24, 2.45) is 0 Å². The van der Waals surface area contributed by atoms with Gasteiger partial charge in [0.1, 0.15) is 0 Å². The molecule has 32 heavy (non-hydrogen) atoms. The largest absolute Gasteiger partial charge is 0.450 e. The number of tetrazole rings is 1. The smallest absolute Gasteiger partial charge is 0.248 e. The Morgan fingerprint density at radius 2 is 2.00 bits per heavy atom. The van der Waals surface area contributed by atoms with Gasteiger partial charge in [0.2, 0.25) is 11.7 Å². The summed E-state index contributed by atoms with van der Waals surface area (Å²) >= 11 is 0. The molecule has 0 aliphatic carbocycles. The van der Waals surface area contributed by atoms with E-state index in [1.54, 1.807) is 24.3 Å². The molecule has 2 aromatic heterocycles. The third-order valence-corrected chi connectivity index (χ3v) is 5.05. The van der Waals surface area contributed by atoms with Gasteiger partial charge in [0.25, 0.3) is 0 Å². The number of H-pyrrole nitrogens is 1. The van der Waals surface area contributed by atoms with Crippen LogP contribution in [0.5, 0.6) is 0 Å². The highest BCUT2D eigenvalue weighted by Gasteiger charge is 2.14. The van der Waals surface area contributed by atoms with Crippen LogP contribution in [0.1, 0.15) is 37.3 Å². The molecule has 2 N–H and O–H groups in total. The second-order valence-corrected chi connectivity index (χ2v) is 7.41. The fourth-order valence-electron chi connectivity index (χ4n) is 3.37. The van der Waals surface area contributed by atoms with Crippen LogP contribution < -0.4 is 10.7 Å². The molecule has 0 unspecified atom stereocenters. The van der Waals surface area contributed by atoms with Gasteiger partial charge in [-0.15, -0.1) is 10.2 Å². The van der Waals surface area contributed by atoms with Gasteiger partial charge in [-0.25, -0.2) is 0 Å². The van der Waals surface area contributed by atoms with Crippen molar-refractivity contribution in [1.29, 1.82) is 0 Å². The Labute approximate surface area is 184 Å². The zero-order chi connectivity index (χ0) is 22.3. The van der Waals surface area contributed by atoms with E-state index in [-0.39, 0.29) is 28.5 Å². The van der Waals surface area contributed by atoms with E-state index >= 15 is 0 Å². The number of aromatic nitrogens is 4. The van der Waals surface area contributed by atoms with E-state index in [9.17, 15) is 9.59 Å². The van der Waals surface area contributed by atoms with E-state index in [1.807, 2.05) is 12.1 Å². The highest BCUT2D eigenvalue weighted by atomic mass is 16.3. The summed E-state index contributed by atoms with van der Waals surface area (Å²) in [6, 6.07) is 14.5. The van der Waals surface area contributed by atoms with E-state index in [1.165, 1.54) is 37.0 Å². The number of amides is 1. The van der Waals surface area contributed by atoms with E-state index in [0.29, 0.717) is 11.1 Å². The van der Waals surface area contributed by atoms with Crippen LogP contribution in [0, 0.1) is 0 Å². The number of nitrogens with one attached hydrogen (secondary N) is 2. The summed E-state index contributed by atoms with van der Waals surface area (Å²) < 4.78 is 5.81. The molecule has 0 saturated heterocycles. The Bertz CT molecular complexity index is 1290. The Hall–Kier alpha value is -4.07. The van der Waals surface area contributed by atoms with Crippen molar-refractivity contribution in [3.63, 3.8) is 0 Å². The number of para-hydroxylation sites is 1. The van der Waals surface area contributed by atoms with Crippen molar-refractivity contribution in [2.75, 3.05) is 5.32 Å². The van der Waals surface area contributed by atoms with Gasteiger partial charge in [0.05, 0.1) is 11.1 Å². The number of hydrogen-bond acceptors (Lipinski definition) is 6. The van der Waals surface area contributed by atoms with E-state index in [0.717, 1.165) is 12.0 Å². The molecule has 1 amide bonds. The number of nitrogens with zero attached hydrogens (tertiary/aromatic N) is 3. The minimum absolute atomic E-state index is 0.156. The lowest BCUT2D eigenvalue weighted by molar-refractivity contribution is -0.111. The summed E-state index contributed by atoms with van der Waals surface area (Å²) in [5.41, 5.74) is 2.59. The summed E-state index contributed by atoms with van der Waals surface area (Å²) in [5.74, 6) is -0.0205. The third-order valence-electron chi connectivity index (χ3n) is 5.05. The fourth-order valence-corrected chi connectivity index (χ4v) is 3.37. The lowest BCUT2D eigenvalue weighted by atomic mass is 10.1. The minimum Gasteiger partial charge on any atom is -0.450 e. The zero-order valence-electron chi connectivity index (χ0n) is 17.7. The first-order valence-corrected chi connectivity index (χ1v) is 10.5. The van der Waals surface area contributed by atoms with Gasteiger partial charge in [0.15, 0.2) is 16.8 Å². The molecular formula is C24H23N5O3. The van der Waals surface area contributed by atoms with Gasteiger partial charge < -0.3 is 9.73 Å². The van der Waals surface area contributed by atoms with Crippen LogP contribution in [0.2, 0.25) is 0 Å². The number of rotatable bonds is 8. The lowest BCUT2D eigenvalue weighted by Crippen LogP contribution is -2.09. The molecule has 2 heterocycles. The first-order valence-electron chi connectivity index (χ1n) is 10.5. The number of benzene rings is 2. The molecule has 4 aromatic rings. The predicted molar refractivity (Wildman–Crippen MR) is 123 cm³/mol. The molecule has 0 fully saturated rings. The number of carbonyl (C=O) groups excluding carboxylic acids is 1. The second-order valence-electron chi connectivity index (χ2n) is 7.41. The van der Waals surface area contributed by atoms with Crippen molar-refractivity contribution >= 4 is 28.6 Å². The van der Waals surface area contributed by atoms with Crippen LogP contribution in [-0.4, -0.2) is 26.5 Å². The average molecular weight is 429 g/mol. The normalized spacial score (nSPS) is 11.3. The molecule has 0 bridgehead atoms. The maximum absolute atomic E-state index is 12.5. The highest BCUT2D eigenvalue weighted by Crippen LogP contribution is 2.25. The van der Waals surface area contributed by atoms with Gasteiger partial charge in [-0.3, -0.25) is 9.59 Å². The van der Waals surface area contributed by atoms with Crippen molar-refractivity contribution in [2.45, 2.75) is 32.6 Å². The van der Waals surface area contributed by atoms with Crippen LogP contribution in [0.4, 0.5) is 5.69 Å². The van der Waals surface area contributed by atoms with Gasteiger partial charge in [0, 0.05) is 12.1 Å². The summed E-state index contributed by atoms with van der Waals surface area (Å²) in [5, 5.41) is 16.6. The predicted octanol–water partition coefficient (Wildman–Crippen LogP) is 4.36. The Morgan fingerprint density at radius 1 is 1.16 bits per heavy atom. The summed E-state index contributed by atoms with van der Waals surface area (Å²) in [6.45, 7) is 2.19. The molecule has 0 aliphatic rings. The molecule has 4 rings (SSSR count). The molecule has 0 radical (unpaired) electrons. The Balaban J connectivity index is 1.50. The number of hydrogen-bond donors (Lipinski definition) is 2. The monoisotopic (exact) mass is 429 g/mol. The number of anilines is 1. The Morgan fingerprint density at radius 3 is 2.75 bits per heavy atom. The topological polar surface area (TPSA) is 114 Å². The van der Waals surface area contributed by atoms with Gasteiger partial charge in [-0.1, -0.05) is 50.1 Å². The standard InChI is InChI=1S/C24H23N5O3/c1-2-3-4-6-16-9-11-17(12-10-16)13-14-22(31)25-19-8-5-7-18-20(30)15-21(32-23(18)19)24-26-28-29-27-24/h5,7-15H,2-4,6H2,1H3,(H,25,31)(H,26,27,28,29). The van der Waals surface area contributed by atoms with Crippen LogP contribution in [-0.2, 0) is 11.2 Å². The molecule has 0 aliphatic heterocycles. The van der Waals surface area contributed by atoms with E-state index in [2.05, 4.69) is 45.0 Å². The first-order chi connectivity index (χ1) is 15.6. The quantitative estimate of drug-likeness (QED) is 0.318. The molecule has 162 valence electrons. The Kier molecular flexibility index (Phi) is 6.50. The molecular weight excluding hydrogens is 406 g/mol. The number of aromatic amines is 1. The second kappa shape index (κ2) is 9.82. The first kappa shape index (κ1) is 21.2. The van der Waals surface area contributed by atoms with Gasteiger partial charge in [-0.2, -0.15) is 5.21 Å². The van der Waals surface area contributed by atoms with E-state index < -0.39 is 0 Å². The molecule has 8 nitrogen and oxygen atoms in total. The summed E-state index contributed by atoms with van der Waals surface area (Å²) in [6.07, 6.45) is 7.88. The third kappa shape index (κ3) is 4.97.